The maximum Gasteiger partial charge on any atom is 0.465 e. The molecule has 0 amide bonds. The molecule has 0 aliphatic carbocycles. The summed E-state index contributed by atoms with van der Waals surface area (Å²) in [6, 6.07) is 6.95. The van der Waals surface area contributed by atoms with E-state index >= 15 is 0 Å². The average molecular weight is 212 g/mol. The fraction of sp³-hybridized carbons (Fsp3) is 0.222. The molecule has 0 fully saturated rings. The summed E-state index contributed by atoms with van der Waals surface area (Å²) >= 11 is 0. The molecule has 1 aromatic carbocycles. The Hall–Kier alpha value is -1.12. The molecular weight excluding hydrogens is 203 g/mol. The minimum absolute atomic E-state index is 0.383. The molecule has 1 aliphatic heterocycles. The van der Waals surface area contributed by atoms with Crippen LogP contribution in [0.4, 0.5) is 0 Å². The molecule has 2 rings (SSSR count). The van der Waals surface area contributed by atoms with E-state index in [1.54, 1.807) is 24.3 Å². The number of para-hydroxylation sites is 1. The third kappa shape index (κ3) is 1.72. The predicted molar refractivity (Wildman–Crippen MR) is 51.0 cm³/mol. The summed E-state index contributed by atoms with van der Waals surface area (Å²) in [5.41, 5.74) is 0.450. The molecule has 0 N–H and O–H groups in total. The molecule has 0 spiro atoms. The minimum atomic E-state index is -1.55. The highest BCUT2D eigenvalue weighted by molar-refractivity contribution is 7.43. The monoisotopic (exact) mass is 212 g/mol. The molecule has 1 unspecified atom stereocenters. The number of hydrogen-bond acceptors (Lipinski definition) is 4. The van der Waals surface area contributed by atoms with Crippen LogP contribution in [0.3, 0.4) is 0 Å². The maximum atomic E-state index is 11.4. The lowest BCUT2D eigenvalue weighted by Gasteiger charge is -2.21. The van der Waals surface area contributed by atoms with Crippen LogP contribution < -0.4 is 4.52 Å². The van der Waals surface area contributed by atoms with Crippen molar-refractivity contribution in [3.63, 3.8) is 0 Å². The summed E-state index contributed by atoms with van der Waals surface area (Å²) in [6.07, 6.45) is 0. The fourth-order valence-electron chi connectivity index (χ4n) is 1.09. The number of carbonyl (C=O) groups is 1. The SMILES string of the molecule is CCOP1OC(=O)c2ccccc2O1. The quantitative estimate of drug-likeness (QED) is 0.706. The van der Waals surface area contributed by atoms with Crippen molar-refractivity contribution in [2.24, 2.45) is 0 Å². The third-order valence-electron chi connectivity index (χ3n) is 1.67. The van der Waals surface area contributed by atoms with Crippen LogP contribution in [0.25, 0.3) is 0 Å². The van der Waals surface area contributed by atoms with Crippen LogP contribution in [0.5, 0.6) is 5.75 Å². The van der Waals surface area contributed by atoms with Gasteiger partial charge in [-0.25, -0.2) is 4.79 Å². The van der Waals surface area contributed by atoms with Gasteiger partial charge in [0.15, 0.2) is 0 Å². The molecule has 74 valence electrons. The molecule has 0 bridgehead atoms. The van der Waals surface area contributed by atoms with E-state index in [1.165, 1.54) is 0 Å². The van der Waals surface area contributed by atoms with Crippen molar-refractivity contribution in [3.05, 3.63) is 29.8 Å². The van der Waals surface area contributed by atoms with E-state index in [-0.39, 0.29) is 5.97 Å². The van der Waals surface area contributed by atoms with Crippen molar-refractivity contribution in [2.75, 3.05) is 6.61 Å². The van der Waals surface area contributed by atoms with Crippen LogP contribution in [-0.2, 0) is 9.05 Å². The fourth-order valence-corrected chi connectivity index (χ4v) is 2.00. The Bertz CT molecular complexity index is 352. The Labute approximate surface area is 82.8 Å². The van der Waals surface area contributed by atoms with E-state index in [2.05, 4.69) is 0 Å². The van der Waals surface area contributed by atoms with Gasteiger partial charge in [-0.1, -0.05) is 12.1 Å². The zero-order valence-electron chi connectivity index (χ0n) is 7.60. The van der Waals surface area contributed by atoms with E-state index in [4.69, 9.17) is 13.6 Å². The summed E-state index contributed by atoms with van der Waals surface area (Å²) in [6.45, 7) is 2.28. The van der Waals surface area contributed by atoms with Gasteiger partial charge in [0.2, 0.25) is 0 Å². The van der Waals surface area contributed by atoms with Gasteiger partial charge >= 0.3 is 14.6 Å². The predicted octanol–water partition coefficient (Wildman–Crippen LogP) is 2.50. The molecule has 1 aromatic rings. The zero-order chi connectivity index (χ0) is 9.97. The molecule has 4 nitrogen and oxygen atoms in total. The van der Waals surface area contributed by atoms with Crippen molar-refractivity contribution in [1.29, 1.82) is 0 Å². The van der Waals surface area contributed by atoms with Gasteiger partial charge in [-0.05, 0) is 19.1 Å². The van der Waals surface area contributed by atoms with Gasteiger partial charge in [0.05, 0.1) is 6.61 Å². The second kappa shape index (κ2) is 3.95. The first-order valence-corrected chi connectivity index (χ1v) is 5.33. The van der Waals surface area contributed by atoms with Gasteiger partial charge in [-0.2, -0.15) is 0 Å². The van der Waals surface area contributed by atoms with Gasteiger partial charge in [0, 0.05) is 0 Å². The van der Waals surface area contributed by atoms with Crippen LogP contribution in [0, 0.1) is 0 Å². The van der Waals surface area contributed by atoms with Gasteiger partial charge in [0.25, 0.3) is 0 Å². The highest BCUT2D eigenvalue weighted by Crippen LogP contribution is 2.46. The van der Waals surface area contributed by atoms with E-state index in [9.17, 15) is 4.79 Å². The number of fused-ring (bicyclic) bond motifs is 1. The number of hydrogen-bond donors (Lipinski definition) is 0. The van der Waals surface area contributed by atoms with Crippen LogP contribution >= 0.6 is 8.60 Å². The molecule has 0 saturated heterocycles. The molecule has 0 radical (unpaired) electrons. The van der Waals surface area contributed by atoms with Crippen molar-refractivity contribution in [2.45, 2.75) is 6.92 Å². The normalized spacial score (nSPS) is 19.5. The smallest absolute Gasteiger partial charge is 0.417 e. The van der Waals surface area contributed by atoms with Crippen LogP contribution in [-0.4, -0.2) is 12.6 Å². The van der Waals surface area contributed by atoms with Crippen LogP contribution in [0.15, 0.2) is 24.3 Å². The highest BCUT2D eigenvalue weighted by atomic mass is 31.2. The van der Waals surface area contributed by atoms with E-state index < -0.39 is 8.60 Å². The first-order chi connectivity index (χ1) is 6.81. The first-order valence-electron chi connectivity index (χ1n) is 4.23. The molecule has 1 atom stereocenters. The minimum Gasteiger partial charge on any atom is -0.417 e. The van der Waals surface area contributed by atoms with Crippen molar-refractivity contribution >= 4 is 14.6 Å². The first kappa shape index (κ1) is 9.44. The van der Waals surface area contributed by atoms with Gasteiger partial charge in [-0.15, -0.1) is 0 Å². The summed E-state index contributed by atoms with van der Waals surface area (Å²) in [4.78, 5) is 11.4. The highest BCUT2D eigenvalue weighted by Gasteiger charge is 2.29. The number of carbonyl (C=O) groups excluding carboxylic acids is 1. The molecule has 14 heavy (non-hydrogen) atoms. The Morgan fingerprint density at radius 1 is 1.36 bits per heavy atom. The lowest BCUT2D eigenvalue weighted by molar-refractivity contribution is 0.0675. The summed E-state index contributed by atoms with van der Waals surface area (Å²) < 4.78 is 15.4. The van der Waals surface area contributed by atoms with Crippen LogP contribution in [0.2, 0.25) is 0 Å². The summed E-state index contributed by atoms with van der Waals surface area (Å²) in [5.74, 6) is 0.148. The van der Waals surface area contributed by atoms with Gasteiger partial charge in [0.1, 0.15) is 11.3 Å². The summed E-state index contributed by atoms with van der Waals surface area (Å²) in [7, 11) is -1.55. The van der Waals surface area contributed by atoms with E-state index in [1.807, 2.05) is 6.92 Å². The summed E-state index contributed by atoms with van der Waals surface area (Å²) in [5, 5.41) is 0. The molecule has 0 saturated carbocycles. The largest absolute Gasteiger partial charge is 0.465 e. The molecule has 1 aliphatic rings. The zero-order valence-corrected chi connectivity index (χ0v) is 8.49. The Kier molecular flexibility index (Phi) is 2.66. The molecule has 0 aromatic heterocycles. The number of rotatable bonds is 2. The van der Waals surface area contributed by atoms with Gasteiger partial charge < -0.3 is 9.05 Å². The molecular formula is C9H9O4P. The third-order valence-corrected chi connectivity index (χ3v) is 2.80. The second-order valence-corrected chi connectivity index (χ2v) is 3.68. The van der Waals surface area contributed by atoms with E-state index in [0.717, 1.165) is 0 Å². The number of benzene rings is 1. The lowest BCUT2D eigenvalue weighted by atomic mass is 10.2. The Morgan fingerprint density at radius 2 is 2.14 bits per heavy atom. The topological polar surface area (TPSA) is 44.8 Å². The standard InChI is InChI=1S/C9H9O4P/c1-2-11-14-12-8-6-4-3-5-7(8)9(10)13-14/h3-6H,2H2,1H3. The Balaban J connectivity index is 2.24. The Morgan fingerprint density at radius 3 is 2.93 bits per heavy atom. The van der Waals surface area contributed by atoms with Crippen molar-refractivity contribution in [1.82, 2.24) is 0 Å². The molecule has 5 heteroatoms. The van der Waals surface area contributed by atoms with Crippen LogP contribution in [0.1, 0.15) is 17.3 Å². The maximum absolute atomic E-state index is 11.4. The lowest BCUT2D eigenvalue weighted by Crippen LogP contribution is -2.12. The average Bonchev–Trinajstić information content (AvgIpc) is 2.18. The van der Waals surface area contributed by atoms with Crippen molar-refractivity contribution < 1.29 is 18.4 Å². The molecule has 1 heterocycles. The van der Waals surface area contributed by atoms with Gasteiger partial charge in [-0.3, -0.25) is 4.52 Å². The van der Waals surface area contributed by atoms with E-state index in [0.29, 0.717) is 17.9 Å². The van der Waals surface area contributed by atoms with Crippen molar-refractivity contribution in [3.8, 4) is 5.75 Å². The second-order valence-electron chi connectivity index (χ2n) is 2.61.